The molecule has 1 aromatic carbocycles. The monoisotopic (exact) mass is 343 g/mol. The number of rotatable bonds is 4. The summed E-state index contributed by atoms with van der Waals surface area (Å²) in [5.41, 5.74) is 6.27. The van der Waals surface area contributed by atoms with Gasteiger partial charge in [0.2, 0.25) is 0 Å². The second kappa shape index (κ2) is 7.16. The van der Waals surface area contributed by atoms with Gasteiger partial charge in [-0.05, 0) is 43.2 Å². The number of unbranched alkanes of at least 4 members (excludes halogenated alkanes) is 2. The molecule has 0 spiro atoms. The Balaban J connectivity index is 1.75. The van der Waals surface area contributed by atoms with E-state index in [0.29, 0.717) is 5.56 Å². The van der Waals surface area contributed by atoms with Gasteiger partial charge in [-0.2, -0.15) is 0 Å². The summed E-state index contributed by atoms with van der Waals surface area (Å²) < 4.78 is 16.0. The summed E-state index contributed by atoms with van der Waals surface area (Å²) in [5, 5.41) is 0. The fourth-order valence-electron chi connectivity index (χ4n) is 2.36. The number of anilines is 1. The number of hydrogen-bond acceptors (Lipinski definition) is 3. The minimum absolute atomic E-state index is 0.155. The first-order valence-corrected chi connectivity index (χ1v) is 9.38. The lowest BCUT2D eigenvalue weighted by molar-refractivity contribution is 0.632. The zero-order valence-electron chi connectivity index (χ0n) is 13.0. The molecule has 1 nitrogen and oxygen atoms in total. The van der Waals surface area contributed by atoms with E-state index in [-0.39, 0.29) is 5.69 Å². The second-order valence-corrected chi connectivity index (χ2v) is 7.75. The van der Waals surface area contributed by atoms with Crippen LogP contribution in [0.3, 0.4) is 0 Å². The van der Waals surface area contributed by atoms with Gasteiger partial charge in [0.1, 0.15) is 5.82 Å². The molecular weight excluding hydrogens is 325 g/mol. The van der Waals surface area contributed by atoms with Gasteiger partial charge < -0.3 is 5.73 Å². The average molecular weight is 343 g/mol. The van der Waals surface area contributed by atoms with Gasteiger partial charge in [-0.1, -0.05) is 31.6 Å². The quantitative estimate of drug-likeness (QED) is 0.361. The lowest BCUT2D eigenvalue weighted by atomic mass is 10.2. The van der Waals surface area contributed by atoms with Gasteiger partial charge in [-0.15, -0.1) is 22.7 Å². The maximum absolute atomic E-state index is 13.4. The van der Waals surface area contributed by atoms with Crippen LogP contribution >= 0.6 is 22.7 Å². The second-order valence-electron chi connectivity index (χ2n) is 5.50. The van der Waals surface area contributed by atoms with Crippen molar-refractivity contribution >= 4 is 37.8 Å². The van der Waals surface area contributed by atoms with E-state index in [1.165, 1.54) is 46.0 Å². The van der Waals surface area contributed by atoms with Crippen LogP contribution in [0.4, 0.5) is 10.1 Å². The van der Waals surface area contributed by atoms with Crippen LogP contribution in [0.15, 0.2) is 30.3 Å². The Kier molecular flexibility index (Phi) is 5.00. The number of nitrogens with two attached hydrogens (primary N) is 1. The summed E-state index contributed by atoms with van der Waals surface area (Å²) in [6, 6.07) is 9.09. The molecule has 2 heterocycles. The predicted molar refractivity (Wildman–Crippen MR) is 99.7 cm³/mol. The molecule has 0 bridgehead atoms. The fraction of sp³-hybridized carbons (Fsp3) is 0.263. The molecule has 0 saturated heterocycles. The van der Waals surface area contributed by atoms with E-state index in [1.54, 1.807) is 23.5 Å². The zero-order chi connectivity index (χ0) is 16.2. The summed E-state index contributed by atoms with van der Waals surface area (Å²) in [7, 11) is 0. The molecule has 0 aliphatic carbocycles. The third-order valence-corrected chi connectivity index (χ3v) is 5.88. The molecule has 0 fully saturated rings. The number of halogens is 1. The normalized spacial score (nSPS) is 10.7. The summed E-state index contributed by atoms with van der Waals surface area (Å²) in [6.45, 7) is 2.23. The molecule has 0 atom stereocenters. The maximum Gasteiger partial charge on any atom is 0.147 e. The highest BCUT2D eigenvalue weighted by Crippen LogP contribution is 2.33. The van der Waals surface area contributed by atoms with Gasteiger partial charge in [-0.3, -0.25) is 0 Å². The first-order valence-electron chi connectivity index (χ1n) is 7.75. The van der Waals surface area contributed by atoms with E-state index in [4.69, 9.17) is 5.73 Å². The number of nitrogen functional groups attached to an aromatic ring is 1. The van der Waals surface area contributed by atoms with Crippen LogP contribution in [0.1, 0.15) is 41.5 Å². The van der Waals surface area contributed by atoms with Crippen LogP contribution in [-0.2, 0) is 6.42 Å². The molecule has 4 heteroatoms. The summed E-state index contributed by atoms with van der Waals surface area (Å²) in [4.78, 5) is 2.48. The Morgan fingerprint density at radius 1 is 1.04 bits per heavy atom. The van der Waals surface area contributed by atoms with Crippen LogP contribution in [0.5, 0.6) is 0 Å². The molecule has 23 heavy (non-hydrogen) atoms. The third-order valence-electron chi connectivity index (χ3n) is 3.62. The smallest absolute Gasteiger partial charge is 0.147 e. The first kappa shape index (κ1) is 16.0. The van der Waals surface area contributed by atoms with Crippen molar-refractivity contribution in [3.8, 4) is 11.8 Å². The van der Waals surface area contributed by atoms with Crippen LogP contribution in [0.2, 0.25) is 0 Å². The number of benzene rings is 1. The zero-order valence-corrected chi connectivity index (χ0v) is 14.6. The minimum atomic E-state index is -0.416. The molecule has 0 aliphatic rings. The summed E-state index contributed by atoms with van der Waals surface area (Å²) in [6.07, 6.45) is 4.98. The van der Waals surface area contributed by atoms with Crippen molar-refractivity contribution in [3.05, 3.63) is 51.5 Å². The number of hydrogen-bond donors (Lipinski definition) is 1. The minimum Gasteiger partial charge on any atom is -0.396 e. The van der Waals surface area contributed by atoms with E-state index >= 15 is 0 Å². The highest BCUT2D eigenvalue weighted by Gasteiger charge is 2.06. The average Bonchev–Trinajstić information content (AvgIpc) is 3.07. The molecule has 0 saturated carbocycles. The molecule has 0 unspecified atom stereocenters. The number of fused-ring (bicyclic) bond motifs is 1. The Hall–Kier alpha value is -1.83. The molecule has 118 valence electrons. The lowest BCUT2D eigenvalue weighted by Gasteiger charge is -1.95. The lowest BCUT2D eigenvalue weighted by Crippen LogP contribution is -1.90. The SMILES string of the molecule is CCCCCc1cc2sc(C#Cc3ccc(N)c(F)c3)cc2s1. The van der Waals surface area contributed by atoms with Gasteiger partial charge in [0.15, 0.2) is 0 Å². The van der Waals surface area contributed by atoms with Crippen molar-refractivity contribution in [3.63, 3.8) is 0 Å². The van der Waals surface area contributed by atoms with Crippen molar-refractivity contribution in [1.29, 1.82) is 0 Å². The summed E-state index contributed by atoms with van der Waals surface area (Å²) >= 11 is 3.56. The van der Waals surface area contributed by atoms with Crippen LogP contribution in [0.25, 0.3) is 9.40 Å². The van der Waals surface area contributed by atoms with E-state index < -0.39 is 5.82 Å². The number of thiophene rings is 2. The van der Waals surface area contributed by atoms with Crippen LogP contribution in [-0.4, -0.2) is 0 Å². The molecule has 0 radical (unpaired) electrons. The standard InChI is InChI=1S/C19H18FNS2/c1-2-3-4-5-14-11-18-19(22-14)12-15(23-18)8-6-13-7-9-17(21)16(20)10-13/h7,9-12H,2-5,21H2,1H3. The Morgan fingerprint density at radius 2 is 1.87 bits per heavy atom. The maximum atomic E-state index is 13.4. The van der Waals surface area contributed by atoms with Gasteiger partial charge in [0, 0.05) is 19.8 Å². The summed E-state index contributed by atoms with van der Waals surface area (Å²) in [5.74, 6) is 5.71. The highest BCUT2D eigenvalue weighted by molar-refractivity contribution is 7.28. The first-order chi connectivity index (χ1) is 11.2. The van der Waals surface area contributed by atoms with Crippen molar-refractivity contribution in [2.45, 2.75) is 32.6 Å². The van der Waals surface area contributed by atoms with Crippen molar-refractivity contribution in [2.75, 3.05) is 5.73 Å². The van der Waals surface area contributed by atoms with E-state index in [2.05, 4.69) is 30.9 Å². The van der Waals surface area contributed by atoms with Gasteiger partial charge in [0.25, 0.3) is 0 Å². The molecule has 0 amide bonds. The van der Waals surface area contributed by atoms with Crippen molar-refractivity contribution in [2.24, 2.45) is 0 Å². The van der Waals surface area contributed by atoms with Gasteiger partial charge in [-0.25, -0.2) is 4.39 Å². The largest absolute Gasteiger partial charge is 0.396 e. The predicted octanol–water partition coefficient (Wildman–Crippen LogP) is 5.82. The van der Waals surface area contributed by atoms with Crippen LogP contribution < -0.4 is 5.73 Å². The Bertz CT molecular complexity index is 848. The molecule has 0 aliphatic heterocycles. The van der Waals surface area contributed by atoms with Crippen molar-refractivity contribution < 1.29 is 4.39 Å². The molecule has 2 N–H and O–H groups in total. The highest BCUT2D eigenvalue weighted by atomic mass is 32.1. The Morgan fingerprint density at radius 3 is 2.61 bits per heavy atom. The van der Waals surface area contributed by atoms with E-state index in [0.717, 1.165) is 4.88 Å². The topological polar surface area (TPSA) is 26.0 Å². The van der Waals surface area contributed by atoms with E-state index in [1.807, 2.05) is 11.3 Å². The number of aryl methyl sites for hydroxylation is 1. The molecule has 3 rings (SSSR count). The molecule has 3 aromatic rings. The fourth-order valence-corrected chi connectivity index (χ4v) is 4.68. The van der Waals surface area contributed by atoms with Crippen molar-refractivity contribution in [1.82, 2.24) is 0 Å². The van der Waals surface area contributed by atoms with Gasteiger partial charge in [0.05, 0.1) is 10.6 Å². The third kappa shape index (κ3) is 3.93. The van der Waals surface area contributed by atoms with E-state index in [9.17, 15) is 4.39 Å². The Labute approximate surface area is 144 Å². The molecular formula is C19H18FNS2. The van der Waals surface area contributed by atoms with Gasteiger partial charge >= 0.3 is 0 Å². The van der Waals surface area contributed by atoms with Crippen LogP contribution in [0, 0.1) is 17.7 Å². The molecule has 2 aromatic heterocycles.